The highest BCUT2D eigenvalue weighted by Crippen LogP contribution is 2.28. The van der Waals surface area contributed by atoms with E-state index < -0.39 is 6.29 Å². The summed E-state index contributed by atoms with van der Waals surface area (Å²) in [6.07, 6.45) is 0.759. The normalized spacial score (nSPS) is 16.7. The van der Waals surface area contributed by atoms with E-state index in [2.05, 4.69) is 20.8 Å². The first-order valence-corrected chi connectivity index (χ1v) is 6.68. The Morgan fingerprint density at radius 2 is 1.56 bits per heavy atom. The lowest BCUT2D eigenvalue weighted by molar-refractivity contribution is -0.237. The van der Waals surface area contributed by atoms with E-state index in [9.17, 15) is 10.2 Å². The summed E-state index contributed by atoms with van der Waals surface area (Å²) in [6.45, 7) is 11.8. The molecule has 0 aromatic heterocycles. The zero-order chi connectivity index (χ0) is 14.4. The molecule has 0 heterocycles. The minimum atomic E-state index is -0.685. The van der Waals surface area contributed by atoms with E-state index in [1.165, 1.54) is 0 Å². The van der Waals surface area contributed by atoms with Gasteiger partial charge in [0, 0.05) is 0 Å². The summed E-state index contributed by atoms with van der Waals surface area (Å²) in [5.74, 6) is 0. The van der Waals surface area contributed by atoms with Crippen LogP contribution in [0.25, 0.3) is 0 Å². The molecule has 4 nitrogen and oxygen atoms in total. The average molecular weight is 262 g/mol. The van der Waals surface area contributed by atoms with Crippen molar-refractivity contribution in [3.8, 4) is 0 Å². The standard InChI is InChI=1S/C14H30O4/c1-7-14(5,6)8-11(9-15)17-12(10-16)18-13(2,3)4/h11-12,15-16H,7-10H2,1-6H3. The summed E-state index contributed by atoms with van der Waals surface area (Å²) >= 11 is 0. The summed E-state index contributed by atoms with van der Waals surface area (Å²) in [6, 6.07) is 0. The predicted octanol–water partition coefficient (Wildman–Crippen LogP) is 2.32. The predicted molar refractivity (Wildman–Crippen MR) is 72.4 cm³/mol. The van der Waals surface area contributed by atoms with Crippen LogP contribution >= 0.6 is 0 Å². The second kappa shape index (κ2) is 7.43. The van der Waals surface area contributed by atoms with Crippen molar-refractivity contribution in [2.24, 2.45) is 5.41 Å². The highest BCUT2D eigenvalue weighted by Gasteiger charge is 2.26. The molecule has 0 aliphatic rings. The Labute approximate surface area is 111 Å². The van der Waals surface area contributed by atoms with E-state index in [-0.39, 0.29) is 30.3 Å². The quantitative estimate of drug-likeness (QED) is 0.659. The highest BCUT2D eigenvalue weighted by molar-refractivity contribution is 4.73. The Hall–Kier alpha value is -0.160. The zero-order valence-corrected chi connectivity index (χ0v) is 12.7. The van der Waals surface area contributed by atoms with E-state index in [0.717, 1.165) is 12.8 Å². The van der Waals surface area contributed by atoms with Crippen molar-refractivity contribution in [3.05, 3.63) is 0 Å². The SMILES string of the molecule is CCC(C)(C)CC(CO)OC(CO)OC(C)(C)C. The molecule has 0 aliphatic heterocycles. The molecule has 0 fully saturated rings. The van der Waals surface area contributed by atoms with Crippen molar-refractivity contribution in [1.82, 2.24) is 0 Å². The molecule has 0 saturated carbocycles. The van der Waals surface area contributed by atoms with Crippen molar-refractivity contribution in [2.45, 2.75) is 72.4 Å². The van der Waals surface area contributed by atoms with Crippen LogP contribution < -0.4 is 0 Å². The molecule has 0 bridgehead atoms. The molecule has 18 heavy (non-hydrogen) atoms. The lowest BCUT2D eigenvalue weighted by atomic mass is 9.84. The zero-order valence-electron chi connectivity index (χ0n) is 12.7. The fourth-order valence-electron chi connectivity index (χ4n) is 1.63. The van der Waals surface area contributed by atoms with Crippen LogP contribution in [-0.2, 0) is 9.47 Å². The molecule has 0 aliphatic carbocycles. The van der Waals surface area contributed by atoms with Gasteiger partial charge in [0.1, 0.15) is 0 Å². The summed E-state index contributed by atoms with van der Waals surface area (Å²) in [5.41, 5.74) is -0.275. The van der Waals surface area contributed by atoms with Crippen LogP contribution in [0.15, 0.2) is 0 Å². The van der Waals surface area contributed by atoms with E-state index in [1.807, 2.05) is 20.8 Å². The molecule has 0 rings (SSSR count). The van der Waals surface area contributed by atoms with E-state index in [0.29, 0.717) is 0 Å². The van der Waals surface area contributed by atoms with Crippen molar-refractivity contribution < 1.29 is 19.7 Å². The Kier molecular flexibility index (Phi) is 7.37. The third-order valence-corrected chi connectivity index (χ3v) is 2.92. The third kappa shape index (κ3) is 8.03. The van der Waals surface area contributed by atoms with Crippen LogP contribution in [0, 0.1) is 5.41 Å². The van der Waals surface area contributed by atoms with E-state index in [4.69, 9.17) is 9.47 Å². The first-order chi connectivity index (χ1) is 8.13. The molecule has 2 atom stereocenters. The monoisotopic (exact) mass is 262 g/mol. The van der Waals surface area contributed by atoms with Gasteiger partial charge >= 0.3 is 0 Å². The minimum absolute atomic E-state index is 0.0621. The van der Waals surface area contributed by atoms with Gasteiger partial charge in [-0.2, -0.15) is 0 Å². The number of rotatable bonds is 8. The van der Waals surface area contributed by atoms with E-state index in [1.54, 1.807) is 0 Å². The molecule has 0 amide bonds. The summed E-state index contributed by atoms with van der Waals surface area (Å²) in [7, 11) is 0. The number of aliphatic hydroxyl groups excluding tert-OH is 2. The fourth-order valence-corrected chi connectivity index (χ4v) is 1.63. The maximum Gasteiger partial charge on any atom is 0.181 e. The third-order valence-electron chi connectivity index (χ3n) is 2.92. The lowest BCUT2D eigenvalue weighted by Crippen LogP contribution is -2.37. The molecule has 110 valence electrons. The van der Waals surface area contributed by atoms with Gasteiger partial charge in [-0.3, -0.25) is 0 Å². The Morgan fingerprint density at radius 1 is 1.00 bits per heavy atom. The summed E-state index contributed by atoms with van der Waals surface area (Å²) < 4.78 is 11.2. The van der Waals surface area contributed by atoms with Gasteiger partial charge in [-0.25, -0.2) is 0 Å². The van der Waals surface area contributed by atoms with E-state index >= 15 is 0 Å². The molecular weight excluding hydrogens is 232 g/mol. The number of ether oxygens (including phenoxy) is 2. The van der Waals surface area contributed by atoms with Gasteiger partial charge in [-0.1, -0.05) is 27.2 Å². The van der Waals surface area contributed by atoms with Gasteiger partial charge in [0.25, 0.3) is 0 Å². The molecule has 0 aromatic carbocycles. The fraction of sp³-hybridized carbons (Fsp3) is 1.00. The smallest absolute Gasteiger partial charge is 0.181 e. The van der Waals surface area contributed by atoms with Crippen LogP contribution in [-0.4, -0.2) is 41.4 Å². The molecule has 0 saturated heterocycles. The van der Waals surface area contributed by atoms with Gasteiger partial charge in [0.15, 0.2) is 6.29 Å². The molecular formula is C14H30O4. The Morgan fingerprint density at radius 3 is 1.89 bits per heavy atom. The molecule has 0 spiro atoms. The Balaban J connectivity index is 4.41. The topological polar surface area (TPSA) is 58.9 Å². The molecule has 4 heteroatoms. The van der Waals surface area contributed by atoms with Crippen LogP contribution in [0.3, 0.4) is 0 Å². The lowest BCUT2D eigenvalue weighted by Gasteiger charge is -2.32. The number of hydrogen-bond donors (Lipinski definition) is 2. The number of hydrogen-bond acceptors (Lipinski definition) is 4. The summed E-state index contributed by atoms with van der Waals surface area (Å²) in [4.78, 5) is 0. The summed E-state index contributed by atoms with van der Waals surface area (Å²) in [5, 5.41) is 18.6. The van der Waals surface area contributed by atoms with Gasteiger partial charge in [-0.05, 0) is 32.6 Å². The number of aliphatic hydroxyl groups is 2. The minimum Gasteiger partial charge on any atom is -0.394 e. The van der Waals surface area contributed by atoms with Gasteiger partial charge in [-0.15, -0.1) is 0 Å². The largest absolute Gasteiger partial charge is 0.394 e. The molecule has 0 radical (unpaired) electrons. The van der Waals surface area contributed by atoms with Crippen LogP contribution in [0.1, 0.15) is 54.4 Å². The molecule has 2 N–H and O–H groups in total. The highest BCUT2D eigenvalue weighted by atomic mass is 16.7. The molecule has 0 aromatic rings. The van der Waals surface area contributed by atoms with Crippen LogP contribution in [0.4, 0.5) is 0 Å². The Bertz CT molecular complexity index is 220. The second-order valence-electron chi connectivity index (χ2n) is 6.50. The van der Waals surface area contributed by atoms with Gasteiger partial charge in [0.05, 0.1) is 24.9 Å². The van der Waals surface area contributed by atoms with Crippen LogP contribution in [0.2, 0.25) is 0 Å². The molecule has 2 unspecified atom stereocenters. The van der Waals surface area contributed by atoms with Crippen molar-refractivity contribution >= 4 is 0 Å². The van der Waals surface area contributed by atoms with Crippen molar-refractivity contribution in [3.63, 3.8) is 0 Å². The maximum atomic E-state index is 9.37. The second-order valence-corrected chi connectivity index (χ2v) is 6.50. The first-order valence-electron chi connectivity index (χ1n) is 6.68. The van der Waals surface area contributed by atoms with Crippen molar-refractivity contribution in [2.75, 3.05) is 13.2 Å². The van der Waals surface area contributed by atoms with Crippen LogP contribution in [0.5, 0.6) is 0 Å². The maximum absolute atomic E-state index is 9.37. The van der Waals surface area contributed by atoms with Gasteiger partial charge in [0.2, 0.25) is 0 Å². The van der Waals surface area contributed by atoms with Gasteiger partial charge < -0.3 is 19.7 Å². The average Bonchev–Trinajstić information content (AvgIpc) is 2.25. The first kappa shape index (κ1) is 17.8. The van der Waals surface area contributed by atoms with Crippen molar-refractivity contribution in [1.29, 1.82) is 0 Å².